The summed E-state index contributed by atoms with van der Waals surface area (Å²) in [7, 11) is 0. The lowest BCUT2D eigenvalue weighted by atomic mass is 10.2. The number of nitrogens with zero attached hydrogens (tertiary/aromatic N) is 7. The number of pyridine rings is 1. The van der Waals surface area contributed by atoms with Crippen molar-refractivity contribution in [2.24, 2.45) is 0 Å². The quantitative estimate of drug-likeness (QED) is 0.301. The van der Waals surface area contributed by atoms with Crippen LogP contribution in [0.2, 0.25) is 0 Å². The van der Waals surface area contributed by atoms with Crippen molar-refractivity contribution in [3.8, 4) is 0 Å². The standard InChI is InChI=1S/C29H30N8S2/c1-3-4-7-10-22(2)25-21-31-28(39-25)33-26-32-27(35-29(34-26)38-24-11-8-5-6-9-12-24)37-19-17-36(18-20-37)23-13-15-30-16-14-23/h3-8,10-16,21H,2,9,17-20H2,1H3,(H,31,32,33,34,35). The first-order valence-corrected chi connectivity index (χ1v) is 14.4. The Morgan fingerprint density at radius 1 is 1.05 bits per heavy atom. The minimum atomic E-state index is 0.478. The highest BCUT2D eigenvalue weighted by atomic mass is 32.2. The molecule has 0 radical (unpaired) electrons. The van der Waals surface area contributed by atoms with Crippen molar-refractivity contribution in [1.82, 2.24) is 24.9 Å². The van der Waals surface area contributed by atoms with Crippen molar-refractivity contribution in [3.05, 3.63) is 102 Å². The van der Waals surface area contributed by atoms with Crippen molar-refractivity contribution in [2.75, 3.05) is 41.3 Å². The fourth-order valence-corrected chi connectivity index (χ4v) is 5.55. The lowest BCUT2D eigenvalue weighted by Gasteiger charge is -2.36. The molecule has 1 aliphatic carbocycles. The average molecular weight is 555 g/mol. The van der Waals surface area contributed by atoms with Crippen LogP contribution in [0.1, 0.15) is 18.2 Å². The van der Waals surface area contributed by atoms with E-state index in [9.17, 15) is 0 Å². The molecular weight excluding hydrogens is 525 g/mol. The van der Waals surface area contributed by atoms with Crippen LogP contribution >= 0.6 is 23.1 Å². The first kappa shape index (κ1) is 26.6. The largest absolute Gasteiger partial charge is 0.368 e. The monoisotopic (exact) mass is 554 g/mol. The van der Waals surface area contributed by atoms with Crippen LogP contribution in [0.15, 0.2) is 102 Å². The fourth-order valence-electron chi connectivity index (χ4n) is 3.99. The molecule has 0 aromatic carbocycles. The molecule has 0 bridgehead atoms. The van der Waals surface area contributed by atoms with Gasteiger partial charge in [0, 0.05) is 55.4 Å². The first-order chi connectivity index (χ1) is 19.2. The van der Waals surface area contributed by atoms with Gasteiger partial charge in [0.2, 0.25) is 11.9 Å². The molecule has 198 valence electrons. The molecule has 10 heteroatoms. The number of hydrogen-bond acceptors (Lipinski definition) is 10. The molecule has 0 spiro atoms. The van der Waals surface area contributed by atoms with Crippen molar-refractivity contribution < 1.29 is 0 Å². The molecule has 0 atom stereocenters. The average Bonchev–Trinajstić information content (AvgIpc) is 3.28. The normalized spacial score (nSPS) is 15.7. The van der Waals surface area contributed by atoms with E-state index in [1.165, 1.54) is 17.0 Å². The summed E-state index contributed by atoms with van der Waals surface area (Å²) in [5, 5.41) is 4.66. The van der Waals surface area contributed by atoms with Crippen LogP contribution in [0.25, 0.3) is 5.57 Å². The maximum absolute atomic E-state index is 4.85. The Morgan fingerprint density at radius 2 is 1.87 bits per heavy atom. The predicted molar refractivity (Wildman–Crippen MR) is 164 cm³/mol. The number of rotatable bonds is 9. The van der Waals surface area contributed by atoms with Gasteiger partial charge in [-0.3, -0.25) is 10.3 Å². The number of thiazole rings is 1. The van der Waals surface area contributed by atoms with Crippen LogP contribution in [-0.4, -0.2) is 51.1 Å². The molecule has 5 rings (SSSR count). The molecule has 0 amide bonds. The van der Waals surface area contributed by atoms with Crippen molar-refractivity contribution in [3.63, 3.8) is 0 Å². The number of hydrogen-bond donors (Lipinski definition) is 1. The topological polar surface area (TPSA) is 83.0 Å². The Hall–Kier alpha value is -4.02. The number of nitrogens with one attached hydrogen (secondary N) is 1. The zero-order valence-corrected chi connectivity index (χ0v) is 23.4. The number of thioether (sulfide) groups is 1. The molecule has 4 heterocycles. The summed E-state index contributed by atoms with van der Waals surface area (Å²) in [5.74, 6) is 1.14. The maximum atomic E-state index is 4.85. The molecule has 0 unspecified atom stereocenters. The number of anilines is 4. The van der Waals surface area contributed by atoms with Gasteiger partial charge < -0.3 is 9.80 Å². The second-order valence-corrected chi connectivity index (χ2v) is 10.8. The van der Waals surface area contributed by atoms with Gasteiger partial charge in [-0.05, 0) is 48.9 Å². The van der Waals surface area contributed by atoms with Gasteiger partial charge in [-0.15, -0.1) is 0 Å². The van der Waals surface area contributed by atoms with E-state index in [4.69, 9.17) is 15.0 Å². The molecule has 8 nitrogen and oxygen atoms in total. The van der Waals surface area contributed by atoms with Crippen molar-refractivity contribution in [2.45, 2.75) is 18.5 Å². The summed E-state index contributed by atoms with van der Waals surface area (Å²) in [6, 6.07) is 4.09. The Morgan fingerprint density at radius 3 is 2.69 bits per heavy atom. The van der Waals surface area contributed by atoms with Crippen LogP contribution in [0.3, 0.4) is 0 Å². The third kappa shape index (κ3) is 7.30. The van der Waals surface area contributed by atoms with E-state index in [1.54, 1.807) is 11.8 Å². The van der Waals surface area contributed by atoms with E-state index >= 15 is 0 Å². The van der Waals surface area contributed by atoms with Crippen LogP contribution in [0.5, 0.6) is 0 Å². The van der Waals surface area contributed by atoms with Gasteiger partial charge in [-0.2, -0.15) is 15.0 Å². The zero-order chi connectivity index (χ0) is 26.9. The smallest absolute Gasteiger partial charge is 0.234 e. The number of piperazine rings is 1. The second kappa shape index (κ2) is 13.2. The molecule has 1 fully saturated rings. The molecule has 3 aromatic rings. The number of allylic oxidation sites excluding steroid dienone is 10. The van der Waals surface area contributed by atoms with Crippen LogP contribution in [-0.2, 0) is 0 Å². The Bertz CT molecular complexity index is 1430. The molecule has 1 N–H and O–H groups in total. The highest BCUT2D eigenvalue weighted by Crippen LogP contribution is 2.31. The van der Waals surface area contributed by atoms with E-state index in [0.29, 0.717) is 22.2 Å². The third-order valence-electron chi connectivity index (χ3n) is 6.01. The Kier molecular flexibility index (Phi) is 8.97. The van der Waals surface area contributed by atoms with Gasteiger partial charge in [-0.25, -0.2) is 4.98 Å². The predicted octanol–water partition coefficient (Wildman–Crippen LogP) is 6.43. The summed E-state index contributed by atoms with van der Waals surface area (Å²) in [4.78, 5) is 29.7. The summed E-state index contributed by atoms with van der Waals surface area (Å²) in [6.45, 7) is 9.50. The second-order valence-electron chi connectivity index (χ2n) is 8.72. The van der Waals surface area contributed by atoms with Gasteiger partial charge >= 0.3 is 0 Å². The van der Waals surface area contributed by atoms with E-state index in [2.05, 4.69) is 56.0 Å². The minimum absolute atomic E-state index is 0.478. The summed E-state index contributed by atoms with van der Waals surface area (Å²) in [6.07, 6.45) is 24.7. The van der Waals surface area contributed by atoms with Gasteiger partial charge in [0.05, 0.1) is 4.88 Å². The molecule has 1 saturated heterocycles. The number of aromatic nitrogens is 5. The van der Waals surface area contributed by atoms with Crippen LogP contribution < -0.4 is 15.1 Å². The van der Waals surface area contributed by atoms with Gasteiger partial charge in [0.1, 0.15) is 0 Å². The maximum Gasteiger partial charge on any atom is 0.234 e. The molecular formula is C29H30N8S2. The highest BCUT2D eigenvalue weighted by Gasteiger charge is 2.21. The molecule has 2 aliphatic rings. The fraction of sp³-hybridized carbons (Fsp3) is 0.207. The Labute approximate surface area is 237 Å². The van der Waals surface area contributed by atoms with Crippen LogP contribution in [0, 0.1) is 0 Å². The van der Waals surface area contributed by atoms with Gasteiger partial charge in [0.15, 0.2) is 10.3 Å². The van der Waals surface area contributed by atoms with E-state index in [0.717, 1.165) is 48.0 Å². The van der Waals surface area contributed by atoms with Crippen molar-refractivity contribution >= 4 is 51.4 Å². The third-order valence-corrected chi connectivity index (χ3v) is 7.90. The lowest BCUT2D eigenvalue weighted by molar-refractivity contribution is 0.634. The van der Waals surface area contributed by atoms with E-state index in [1.807, 2.05) is 68.0 Å². The van der Waals surface area contributed by atoms with Gasteiger partial charge in [-0.1, -0.05) is 66.5 Å². The first-order valence-electron chi connectivity index (χ1n) is 12.8. The summed E-state index contributed by atoms with van der Waals surface area (Å²) < 4.78 is 0. The zero-order valence-electron chi connectivity index (χ0n) is 21.8. The molecule has 39 heavy (non-hydrogen) atoms. The lowest BCUT2D eigenvalue weighted by Crippen LogP contribution is -2.47. The highest BCUT2D eigenvalue weighted by molar-refractivity contribution is 8.03. The molecule has 1 aliphatic heterocycles. The van der Waals surface area contributed by atoms with Crippen molar-refractivity contribution in [1.29, 1.82) is 0 Å². The van der Waals surface area contributed by atoms with Gasteiger partial charge in [0.25, 0.3) is 0 Å². The van der Waals surface area contributed by atoms with E-state index in [-0.39, 0.29) is 0 Å². The summed E-state index contributed by atoms with van der Waals surface area (Å²) >= 11 is 3.06. The minimum Gasteiger partial charge on any atom is -0.368 e. The molecule has 0 saturated carbocycles. The SMILES string of the molecule is C=C(C=CC=CC)c1cnc(Nc2nc(SC3=CCC=CC=C3)nc(N3CCN(c4ccncc4)CC3)n2)s1. The van der Waals surface area contributed by atoms with E-state index < -0.39 is 0 Å². The Balaban J connectivity index is 1.35. The molecule has 3 aromatic heterocycles. The summed E-state index contributed by atoms with van der Waals surface area (Å²) in [5.41, 5.74) is 2.08. The van der Waals surface area contributed by atoms with Crippen LogP contribution in [0.4, 0.5) is 22.7 Å².